The van der Waals surface area contributed by atoms with Crippen LogP contribution in [0.15, 0.2) is 78.4 Å². The number of carbonyl (C=O) groups is 1. The minimum Gasteiger partial charge on any atom is -0.494 e. The lowest BCUT2D eigenvalue weighted by Gasteiger charge is -2.08. The van der Waals surface area contributed by atoms with E-state index in [4.69, 9.17) is 9.47 Å². The van der Waals surface area contributed by atoms with Crippen LogP contribution in [0.4, 0.5) is 5.69 Å². The lowest BCUT2D eigenvalue weighted by molar-refractivity contribution is -0.112. The molecule has 6 heteroatoms. The first kappa shape index (κ1) is 22.4. The van der Waals surface area contributed by atoms with E-state index < -0.39 is 5.91 Å². The highest BCUT2D eigenvalue weighted by Crippen LogP contribution is 2.20. The Morgan fingerprint density at radius 1 is 1.03 bits per heavy atom. The number of carbonyl (C=O) groups excluding carboxylic acids is 1. The van der Waals surface area contributed by atoms with Crippen molar-refractivity contribution in [1.29, 1.82) is 5.26 Å². The molecule has 0 saturated heterocycles. The predicted octanol–water partition coefficient (Wildman–Crippen LogP) is 5.81. The summed E-state index contributed by atoms with van der Waals surface area (Å²) in [6.45, 7) is 2.89. The van der Waals surface area contributed by atoms with Crippen LogP contribution in [0.1, 0.15) is 18.1 Å². The molecule has 0 radical (unpaired) electrons. The number of amides is 1. The van der Waals surface area contributed by atoms with Crippen LogP contribution in [0.3, 0.4) is 0 Å². The maximum Gasteiger partial charge on any atom is 0.266 e. The Morgan fingerprint density at radius 3 is 2.45 bits per heavy atom. The number of ether oxygens (including phenoxy) is 2. The van der Waals surface area contributed by atoms with E-state index in [1.54, 1.807) is 24.3 Å². The summed E-state index contributed by atoms with van der Waals surface area (Å²) >= 11 is 2.26. The van der Waals surface area contributed by atoms with Crippen molar-refractivity contribution in [3.8, 4) is 17.6 Å². The molecule has 0 aromatic heterocycles. The second kappa shape index (κ2) is 11.2. The zero-order valence-corrected chi connectivity index (χ0v) is 19.1. The second-order valence-electron chi connectivity index (χ2n) is 6.57. The van der Waals surface area contributed by atoms with E-state index in [-0.39, 0.29) is 5.57 Å². The van der Waals surface area contributed by atoms with E-state index >= 15 is 0 Å². The first-order valence-electron chi connectivity index (χ1n) is 9.70. The van der Waals surface area contributed by atoms with Gasteiger partial charge >= 0.3 is 0 Å². The summed E-state index contributed by atoms with van der Waals surface area (Å²) in [6, 6.07) is 24.4. The monoisotopic (exact) mass is 524 g/mol. The van der Waals surface area contributed by atoms with Crippen molar-refractivity contribution in [2.75, 3.05) is 11.9 Å². The summed E-state index contributed by atoms with van der Waals surface area (Å²) in [5.41, 5.74) is 2.39. The van der Waals surface area contributed by atoms with Crippen molar-refractivity contribution < 1.29 is 14.3 Å². The quantitative estimate of drug-likeness (QED) is 0.229. The number of hydrogen-bond acceptors (Lipinski definition) is 4. The van der Waals surface area contributed by atoms with Crippen molar-refractivity contribution >= 4 is 40.3 Å². The third kappa shape index (κ3) is 6.86. The Hall–Kier alpha value is -3.31. The third-order valence-corrected chi connectivity index (χ3v) is 5.00. The number of benzene rings is 3. The molecule has 156 valence electrons. The fourth-order valence-corrected chi connectivity index (χ4v) is 3.11. The largest absolute Gasteiger partial charge is 0.494 e. The van der Waals surface area contributed by atoms with E-state index in [0.717, 1.165) is 11.1 Å². The van der Waals surface area contributed by atoms with Crippen LogP contribution < -0.4 is 14.8 Å². The molecule has 5 nitrogen and oxygen atoms in total. The molecule has 0 saturated carbocycles. The fourth-order valence-electron chi connectivity index (χ4n) is 2.75. The molecule has 0 atom stereocenters. The van der Waals surface area contributed by atoms with Crippen LogP contribution in [-0.2, 0) is 11.4 Å². The van der Waals surface area contributed by atoms with Crippen LogP contribution >= 0.6 is 22.6 Å². The van der Waals surface area contributed by atoms with E-state index in [1.807, 2.05) is 67.6 Å². The summed E-state index contributed by atoms with van der Waals surface area (Å²) < 4.78 is 12.4. The van der Waals surface area contributed by atoms with Gasteiger partial charge in [0.25, 0.3) is 5.91 Å². The molecule has 3 aromatic rings. The molecule has 3 aromatic carbocycles. The number of nitrogens with zero attached hydrogens (tertiary/aromatic N) is 1. The van der Waals surface area contributed by atoms with Gasteiger partial charge in [0.05, 0.1) is 6.61 Å². The van der Waals surface area contributed by atoms with Gasteiger partial charge in [-0.15, -0.1) is 0 Å². The van der Waals surface area contributed by atoms with E-state index in [1.165, 1.54) is 3.57 Å². The lowest BCUT2D eigenvalue weighted by Crippen LogP contribution is -2.13. The molecule has 0 spiro atoms. The molecule has 0 aliphatic carbocycles. The number of halogens is 1. The van der Waals surface area contributed by atoms with Crippen molar-refractivity contribution in [1.82, 2.24) is 0 Å². The van der Waals surface area contributed by atoms with Crippen LogP contribution in [0.25, 0.3) is 6.08 Å². The molecular formula is C25H21IN2O3. The number of rotatable bonds is 8. The van der Waals surface area contributed by atoms with Gasteiger partial charge in [-0.25, -0.2) is 0 Å². The summed E-state index contributed by atoms with van der Waals surface area (Å²) in [6.07, 6.45) is 1.55. The van der Waals surface area contributed by atoms with Crippen LogP contribution in [-0.4, -0.2) is 12.5 Å². The van der Waals surface area contributed by atoms with Gasteiger partial charge in [-0.2, -0.15) is 5.26 Å². The summed E-state index contributed by atoms with van der Waals surface area (Å²) in [4.78, 5) is 12.5. The topological polar surface area (TPSA) is 71.3 Å². The molecule has 0 aliphatic heterocycles. The van der Waals surface area contributed by atoms with Gasteiger partial charge in [0.1, 0.15) is 29.7 Å². The van der Waals surface area contributed by atoms with Crippen LogP contribution in [0, 0.1) is 14.9 Å². The maximum atomic E-state index is 12.5. The van der Waals surface area contributed by atoms with Crippen molar-refractivity contribution in [3.05, 3.63) is 93.1 Å². The van der Waals surface area contributed by atoms with Gasteiger partial charge in [-0.05, 0) is 83.1 Å². The molecule has 1 amide bonds. The Morgan fingerprint density at radius 2 is 1.77 bits per heavy atom. The smallest absolute Gasteiger partial charge is 0.266 e. The predicted molar refractivity (Wildman–Crippen MR) is 130 cm³/mol. The molecule has 1 N–H and O–H groups in total. The molecular weight excluding hydrogens is 503 g/mol. The molecule has 0 unspecified atom stereocenters. The Balaban J connectivity index is 1.63. The first-order valence-corrected chi connectivity index (χ1v) is 10.8. The summed E-state index contributed by atoms with van der Waals surface area (Å²) in [5.74, 6) is 0.894. The van der Waals surface area contributed by atoms with Gasteiger partial charge in [0, 0.05) is 15.3 Å². The van der Waals surface area contributed by atoms with Gasteiger partial charge in [-0.1, -0.05) is 30.3 Å². The van der Waals surface area contributed by atoms with E-state index in [0.29, 0.717) is 30.4 Å². The normalized spacial score (nSPS) is 10.8. The Bertz CT molecular complexity index is 1100. The number of anilines is 1. The van der Waals surface area contributed by atoms with Gasteiger partial charge in [-0.3, -0.25) is 4.79 Å². The van der Waals surface area contributed by atoms with Crippen LogP contribution in [0.2, 0.25) is 0 Å². The molecule has 0 aliphatic rings. The highest BCUT2D eigenvalue weighted by molar-refractivity contribution is 14.1. The maximum absolute atomic E-state index is 12.5. The molecule has 0 heterocycles. The van der Waals surface area contributed by atoms with Crippen LogP contribution in [0.5, 0.6) is 11.5 Å². The standard InChI is InChI=1S/C25H21IN2O3/c1-2-30-24-5-3-4-22(15-24)28-25(29)20(16-27)14-18-8-12-23(13-9-18)31-17-19-6-10-21(26)11-7-19/h3-15H,2,17H2,1H3,(H,28,29)/b20-14-. The van der Waals surface area contributed by atoms with E-state index in [2.05, 4.69) is 27.9 Å². The summed E-state index contributed by atoms with van der Waals surface area (Å²) in [5, 5.41) is 12.2. The van der Waals surface area contributed by atoms with Crippen molar-refractivity contribution in [2.45, 2.75) is 13.5 Å². The highest BCUT2D eigenvalue weighted by Gasteiger charge is 2.10. The molecule has 0 fully saturated rings. The number of nitrogens with one attached hydrogen (secondary N) is 1. The lowest BCUT2D eigenvalue weighted by atomic mass is 10.1. The first-order chi connectivity index (χ1) is 15.1. The molecule has 3 rings (SSSR count). The third-order valence-electron chi connectivity index (χ3n) is 4.28. The number of nitriles is 1. The second-order valence-corrected chi connectivity index (χ2v) is 7.81. The molecule has 0 bridgehead atoms. The Labute approximate surface area is 195 Å². The van der Waals surface area contributed by atoms with Crippen molar-refractivity contribution in [2.24, 2.45) is 0 Å². The fraction of sp³-hybridized carbons (Fsp3) is 0.120. The minimum atomic E-state index is -0.477. The molecule has 31 heavy (non-hydrogen) atoms. The zero-order chi connectivity index (χ0) is 22.1. The zero-order valence-electron chi connectivity index (χ0n) is 17.0. The Kier molecular flexibility index (Phi) is 8.07. The average molecular weight is 524 g/mol. The van der Waals surface area contributed by atoms with Crippen molar-refractivity contribution in [3.63, 3.8) is 0 Å². The van der Waals surface area contributed by atoms with E-state index in [9.17, 15) is 10.1 Å². The summed E-state index contributed by atoms with van der Waals surface area (Å²) in [7, 11) is 0. The highest BCUT2D eigenvalue weighted by atomic mass is 127. The SMILES string of the molecule is CCOc1cccc(NC(=O)/C(C#N)=C\c2ccc(OCc3ccc(I)cc3)cc2)c1. The van der Waals surface area contributed by atoms with Gasteiger partial charge < -0.3 is 14.8 Å². The number of hydrogen-bond donors (Lipinski definition) is 1. The van der Waals surface area contributed by atoms with Gasteiger partial charge in [0.2, 0.25) is 0 Å². The average Bonchev–Trinajstić information content (AvgIpc) is 2.78. The van der Waals surface area contributed by atoms with Gasteiger partial charge in [0.15, 0.2) is 0 Å². The minimum absolute atomic E-state index is 0.00868.